The van der Waals surface area contributed by atoms with Crippen molar-refractivity contribution < 1.29 is 39.3 Å². The first-order valence-corrected chi connectivity index (χ1v) is 19.3. The van der Waals surface area contributed by atoms with Gasteiger partial charge in [0.05, 0.1) is 14.2 Å². The molecule has 0 fully saturated rings. The number of benzene rings is 4. The first kappa shape index (κ1) is 44.8. The monoisotopic (exact) mass is 848 g/mol. The molecule has 14 heteroatoms. The van der Waals surface area contributed by atoms with Gasteiger partial charge in [-0.25, -0.2) is 19.9 Å². The first-order chi connectivity index (χ1) is 28.0. The number of halogens is 1. The molecule has 2 heterocycles. The zero-order valence-corrected chi connectivity index (χ0v) is 34.0. The second-order valence-corrected chi connectivity index (χ2v) is 14.0. The van der Waals surface area contributed by atoms with Crippen LogP contribution in [0.4, 0.5) is 0 Å². The molecule has 0 aliphatic rings. The maximum Gasteiger partial charge on any atom is 0.491 e. The fourth-order valence-corrected chi connectivity index (χ4v) is 5.75. The van der Waals surface area contributed by atoms with Crippen molar-refractivity contribution >= 4 is 40.1 Å². The van der Waals surface area contributed by atoms with E-state index in [1.54, 1.807) is 68.0 Å². The van der Waals surface area contributed by atoms with E-state index in [9.17, 15) is 19.8 Å². The van der Waals surface area contributed by atoms with Crippen molar-refractivity contribution in [1.29, 1.82) is 0 Å². The van der Waals surface area contributed by atoms with Crippen molar-refractivity contribution in [3.8, 4) is 34.6 Å². The summed E-state index contributed by atoms with van der Waals surface area (Å²) in [4.78, 5) is 39.5. The van der Waals surface area contributed by atoms with Crippen LogP contribution in [0.1, 0.15) is 47.9 Å². The van der Waals surface area contributed by atoms with Gasteiger partial charge in [-0.15, -0.1) is 0 Å². The Morgan fingerprint density at radius 2 is 0.931 bits per heavy atom. The lowest BCUT2D eigenvalue weighted by molar-refractivity contribution is -0.119. The van der Waals surface area contributed by atoms with Crippen LogP contribution < -0.4 is 14.9 Å². The Morgan fingerprint density at radius 3 is 1.33 bits per heavy atom. The lowest BCUT2D eigenvalue weighted by Crippen LogP contribution is -2.30. The molecule has 0 aliphatic carbocycles. The number of aromatic nitrogens is 4. The number of ketones is 2. The highest BCUT2D eigenvalue weighted by atomic mass is 79.9. The first-order valence-electron chi connectivity index (χ1n) is 18.5. The predicted molar refractivity (Wildman–Crippen MR) is 226 cm³/mol. The maximum atomic E-state index is 12.1. The number of phenols is 2. The topological polar surface area (TPSA) is 185 Å². The summed E-state index contributed by atoms with van der Waals surface area (Å²) < 4.78 is 10.7. The Morgan fingerprint density at radius 1 is 0.552 bits per heavy atom. The van der Waals surface area contributed by atoms with Gasteiger partial charge >= 0.3 is 19.1 Å². The number of aryl methyl sites for hydroxylation is 2. The quantitative estimate of drug-likeness (QED) is 0.0783. The minimum atomic E-state index is -1.53. The number of rotatable bonds is 16. The average molecular weight is 850 g/mol. The third-order valence-electron chi connectivity index (χ3n) is 8.66. The van der Waals surface area contributed by atoms with Gasteiger partial charge in [0.15, 0.2) is 0 Å². The SMILES string of the molecule is COc1ncc(-c2ccc(CCCC(=O)Cc3ccc(O)cc3)cc2)cn1.COc1ncc(B(O)O)cn1.O=C(CCCc1ccc(Br)cc1)Cc1ccc(O)cc1. The fourth-order valence-electron chi connectivity index (χ4n) is 5.49. The fraction of sp³-hybridized carbons (Fsp3) is 0.227. The van der Waals surface area contributed by atoms with Crippen LogP contribution in [0.25, 0.3) is 11.1 Å². The normalized spacial score (nSPS) is 10.3. The molecule has 300 valence electrons. The molecule has 4 aromatic carbocycles. The third-order valence-corrected chi connectivity index (χ3v) is 9.19. The van der Waals surface area contributed by atoms with Crippen molar-refractivity contribution in [1.82, 2.24) is 19.9 Å². The van der Waals surface area contributed by atoms with Crippen LogP contribution in [-0.2, 0) is 35.3 Å². The van der Waals surface area contributed by atoms with Gasteiger partial charge in [-0.2, -0.15) is 0 Å². The molecule has 58 heavy (non-hydrogen) atoms. The van der Waals surface area contributed by atoms with E-state index in [-0.39, 0.29) is 34.5 Å². The van der Waals surface area contributed by atoms with Crippen LogP contribution in [0.2, 0.25) is 0 Å². The number of hydrogen-bond donors (Lipinski definition) is 4. The second-order valence-electron chi connectivity index (χ2n) is 13.1. The minimum absolute atomic E-state index is 0.203. The number of carbonyl (C=O) groups is 2. The number of Topliss-reactive ketones (excluding diaryl/α,β-unsaturated/α-hetero) is 2. The highest BCUT2D eigenvalue weighted by molar-refractivity contribution is 9.10. The lowest BCUT2D eigenvalue weighted by atomic mass is 9.83. The zero-order chi connectivity index (χ0) is 41.7. The van der Waals surface area contributed by atoms with Crippen LogP contribution in [0.15, 0.2) is 126 Å². The van der Waals surface area contributed by atoms with E-state index in [1.165, 1.54) is 30.6 Å². The van der Waals surface area contributed by atoms with E-state index in [0.29, 0.717) is 31.7 Å². The molecule has 2 aromatic heterocycles. The molecule has 0 bridgehead atoms. The molecular formula is C44H46BBrN4O8. The maximum absolute atomic E-state index is 12.1. The van der Waals surface area contributed by atoms with Gasteiger partial charge in [0.2, 0.25) is 0 Å². The van der Waals surface area contributed by atoms with E-state index in [4.69, 9.17) is 14.8 Å². The van der Waals surface area contributed by atoms with Gasteiger partial charge in [0.1, 0.15) is 23.1 Å². The van der Waals surface area contributed by atoms with E-state index in [0.717, 1.165) is 52.4 Å². The van der Waals surface area contributed by atoms with Crippen LogP contribution in [0.3, 0.4) is 0 Å². The van der Waals surface area contributed by atoms with Gasteiger partial charge in [0.25, 0.3) is 0 Å². The van der Waals surface area contributed by atoms with Crippen LogP contribution in [0.5, 0.6) is 23.5 Å². The van der Waals surface area contributed by atoms with E-state index in [2.05, 4.69) is 64.9 Å². The molecule has 12 nitrogen and oxygen atoms in total. The molecule has 0 spiro atoms. The number of nitrogens with zero attached hydrogens (tertiary/aromatic N) is 4. The van der Waals surface area contributed by atoms with Crippen LogP contribution >= 0.6 is 15.9 Å². The molecule has 0 amide bonds. The van der Waals surface area contributed by atoms with Crippen LogP contribution in [0, 0.1) is 0 Å². The smallest absolute Gasteiger partial charge is 0.491 e. The van der Waals surface area contributed by atoms with Crippen molar-refractivity contribution in [2.45, 2.75) is 51.4 Å². The second kappa shape index (κ2) is 24.0. The van der Waals surface area contributed by atoms with Gasteiger partial charge in [0, 0.05) is 66.0 Å². The summed E-state index contributed by atoms with van der Waals surface area (Å²) in [6.07, 6.45) is 11.5. The Kier molecular flexibility index (Phi) is 18.5. The van der Waals surface area contributed by atoms with E-state index < -0.39 is 7.12 Å². The number of phenolic OH excluding ortho intramolecular Hbond substituents is 2. The summed E-state index contributed by atoms with van der Waals surface area (Å²) in [5, 5.41) is 35.7. The lowest BCUT2D eigenvalue weighted by Gasteiger charge is -2.05. The van der Waals surface area contributed by atoms with Crippen LogP contribution in [-0.4, -0.2) is 73.1 Å². The van der Waals surface area contributed by atoms with E-state index >= 15 is 0 Å². The van der Waals surface area contributed by atoms with Gasteiger partial charge in [-0.05, 0) is 89.9 Å². The number of aromatic hydroxyl groups is 2. The summed E-state index contributed by atoms with van der Waals surface area (Å²) in [5.41, 5.74) is 6.57. The number of methoxy groups -OCH3 is 2. The molecule has 0 unspecified atom stereocenters. The molecule has 0 saturated heterocycles. The minimum Gasteiger partial charge on any atom is -0.508 e. The van der Waals surface area contributed by atoms with Crippen molar-refractivity contribution in [2.24, 2.45) is 0 Å². The molecule has 0 aliphatic heterocycles. The average Bonchev–Trinajstić information content (AvgIpc) is 3.24. The zero-order valence-electron chi connectivity index (χ0n) is 32.4. The molecule has 4 N–H and O–H groups in total. The third kappa shape index (κ3) is 16.3. The molecule has 6 rings (SSSR count). The molecule has 0 radical (unpaired) electrons. The molecule has 0 saturated carbocycles. The van der Waals surface area contributed by atoms with Crippen molar-refractivity contribution in [3.63, 3.8) is 0 Å². The number of carbonyl (C=O) groups excluding carboxylic acids is 2. The van der Waals surface area contributed by atoms with Gasteiger partial charge < -0.3 is 29.7 Å². The summed E-state index contributed by atoms with van der Waals surface area (Å²) in [6, 6.07) is 30.6. The summed E-state index contributed by atoms with van der Waals surface area (Å²) in [6.45, 7) is 0. The molecule has 0 atom stereocenters. The Labute approximate surface area is 346 Å². The van der Waals surface area contributed by atoms with Gasteiger partial charge in [-0.1, -0.05) is 76.6 Å². The van der Waals surface area contributed by atoms with Gasteiger partial charge in [-0.3, -0.25) is 9.59 Å². The highest BCUT2D eigenvalue weighted by Crippen LogP contribution is 2.20. The Bertz CT molecular complexity index is 2120. The summed E-state index contributed by atoms with van der Waals surface area (Å²) >= 11 is 3.41. The molecular weight excluding hydrogens is 803 g/mol. The predicted octanol–water partition coefficient (Wildman–Crippen LogP) is 6.45. The Balaban J connectivity index is 0.000000210. The highest BCUT2D eigenvalue weighted by Gasteiger charge is 2.11. The number of hydrogen-bond acceptors (Lipinski definition) is 12. The van der Waals surface area contributed by atoms with Crippen molar-refractivity contribution in [3.05, 3.63) is 149 Å². The number of ether oxygens (including phenoxy) is 2. The Hall–Kier alpha value is -5.96. The summed E-state index contributed by atoms with van der Waals surface area (Å²) in [5.74, 6) is 0.910. The largest absolute Gasteiger partial charge is 0.508 e. The summed E-state index contributed by atoms with van der Waals surface area (Å²) in [7, 11) is 1.45. The van der Waals surface area contributed by atoms with Crippen molar-refractivity contribution in [2.75, 3.05) is 14.2 Å². The standard InChI is InChI=1S/C22H22N2O3.C17H17BrO2.C5H7BN2O3/c1-27-22-23-14-19(15-24-22)18-9-5-16(6-10-18)3-2-4-21(26)13-17-7-11-20(25)12-8-17;18-15-8-4-13(5-9-15)2-1-3-17(20)12-14-6-10-16(19)11-7-14;1-11-5-7-2-4(3-8-5)6(9)10/h5-12,14-15,25H,2-4,13H2,1H3;4-11,19H,1-3,12H2;2-3,9-10H,1H3. The molecule has 6 aromatic rings. The van der Waals surface area contributed by atoms with E-state index in [1.807, 2.05) is 24.3 Å².